The van der Waals surface area contributed by atoms with Crippen LogP contribution in [0.15, 0.2) is 53.8 Å². The first-order valence-corrected chi connectivity index (χ1v) is 10.1. The first-order chi connectivity index (χ1) is 15.5. The Labute approximate surface area is 182 Å². The normalized spacial score (nSPS) is 11.5. The van der Waals surface area contributed by atoms with Gasteiger partial charge in [0.05, 0.1) is 36.1 Å². The van der Waals surface area contributed by atoms with Gasteiger partial charge in [0.25, 0.3) is 5.56 Å². The predicted molar refractivity (Wildman–Crippen MR) is 122 cm³/mol. The van der Waals surface area contributed by atoms with E-state index in [1.54, 1.807) is 33.7 Å². The molecule has 0 radical (unpaired) electrons. The van der Waals surface area contributed by atoms with Gasteiger partial charge >= 0.3 is 0 Å². The van der Waals surface area contributed by atoms with Crippen LogP contribution in [-0.4, -0.2) is 34.2 Å². The van der Waals surface area contributed by atoms with Crippen molar-refractivity contribution in [1.29, 1.82) is 0 Å². The number of para-hydroxylation sites is 1. The lowest BCUT2D eigenvalue weighted by Crippen LogP contribution is -2.27. The number of aliphatic hydroxyl groups excluding tert-OH is 1. The third-order valence-electron chi connectivity index (χ3n) is 5.63. The summed E-state index contributed by atoms with van der Waals surface area (Å²) in [5.74, 6) is 0.812. The molecule has 2 aromatic carbocycles. The SMILES string of the molecule is Cc1cccc(C)c1-n1c(Cn2cnc3c(N)ncnc32)nc2cccc(CO)c2c1=O. The van der Waals surface area contributed by atoms with Crippen LogP contribution in [0.3, 0.4) is 0 Å². The summed E-state index contributed by atoms with van der Waals surface area (Å²) < 4.78 is 3.42. The summed E-state index contributed by atoms with van der Waals surface area (Å²) in [6.07, 6.45) is 3.00. The van der Waals surface area contributed by atoms with E-state index >= 15 is 0 Å². The zero-order chi connectivity index (χ0) is 22.4. The number of aromatic nitrogens is 6. The highest BCUT2D eigenvalue weighted by molar-refractivity contribution is 5.82. The minimum atomic E-state index is -0.247. The second kappa shape index (κ2) is 7.54. The largest absolute Gasteiger partial charge is 0.392 e. The molecule has 3 heterocycles. The molecule has 0 saturated carbocycles. The third kappa shape index (κ3) is 3.02. The van der Waals surface area contributed by atoms with E-state index in [4.69, 9.17) is 10.7 Å². The molecule has 9 nitrogen and oxygen atoms in total. The van der Waals surface area contributed by atoms with Gasteiger partial charge in [-0.3, -0.25) is 9.36 Å². The Balaban J connectivity index is 1.83. The number of hydrogen-bond donors (Lipinski definition) is 2. The van der Waals surface area contributed by atoms with Crippen molar-refractivity contribution < 1.29 is 5.11 Å². The third-order valence-corrected chi connectivity index (χ3v) is 5.63. The summed E-state index contributed by atoms with van der Waals surface area (Å²) in [7, 11) is 0. The number of nitrogens with zero attached hydrogens (tertiary/aromatic N) is 6. The molecule has 160 valence electrons. The molecule has 5 rings (SSSR count). The van der Waals surface area contributed by atoms with Crippen LogP contribution in [0.5, 0.6) is 0 Å². The Morgan fingerprint density at radius 1 is 1.03 bits per heavy atom. The minimum Gasteiger partial charge on any atom is -0.392 e. The van der Waals surface area contributed by atoms with Crippen molar-refractivity contribution in [1.82, 2.24) is 29.1 Å². The molecule has 0 saturated heterocycles. The highest BCUT2D eigenvalue weighted by atomic mass is 16.3. The number of aliphatic hydroxyl groups is 1. The molecule has 0 atom stereocenters. The van der Waals surface area contributed by atoms with Crippen LogP contribution in [0.2, 0.25) is 0 Å². The van der Waals surface area contributed by atoms with Crippen molar-refractivity contribution >= 4 is 27.9 Å². The van der Waals surface area contributed by atoms with Crippen LogP contribution in [0, 0.1) is 13.8 Å². The number of hydrogen-bond acceptors (Lipinski definition) is 7. The number of aryl methyl sites for hydroxylation is 2. The van der Waals surface area contributed by atoms with E-state index in [1.807, 2.05) is 32.0 Å². The number of rotatable bonds is 4. The maximum atomic E-state index is 13.8. The van der Waals surface area contributed by atoms with Gasteiger partial charge in [0.2, 0.25) is 0 Å². The first-order valence-electron chi connectivity index (χ1n) is 10.1. The molecule has 5 aromatic rings. The quantitative estimate of drug-likeness (QED) is 0.451. The molecule has 0 unspecified atom stereocenters. The zero-order valence-electron chi connectivity index (χ0n) is 17.6. The van der Waals surface area contributed by atoms with Crippen LogP contribution >= 0.6 is 0 Å². The van der Waals surface area contributed by atoms with Crippen molar-refractivity contribution in [2.75, 3.05) is 5.73 Å². The van der Waals surface area contributed by atoms with Crippen molar-refractivity contribution in [3.8, 4) is 5.69 Å². The number of benzene rings is 2. The number of anilines is 1. The Kier molecular flexibility index (Phi) is 4.67. The number of nitrogens with two attached hydrogens (primary N) is 1. The molecule has 32 heavy (non-hydrogen) atoms. The van der Waals surface area contributed by atoms with Crippen LogP contribution in [0.25, 0.3) is 27.8 Å². The summed E-state index contributed by atoms with van der Waals surface area (Å²) in [5, 5.41) is 10.2. The van der Waals surface area contributed by atoms with Gasteiger partial charge in [-0.15, -0.1) is 0 Å². The topological polar surface area (TPSA) is 125 Å². The molecular weight excluding hydrogens is 406 g/mol. The molecule has 0 aliphatic rings. The molecule has 0 spiro atoms. The van der Waals surface area contributed by atoms with E-state index in [0.717, 1.165) is 16.8 Å². The molecule has 0 fully saturated rings. The lowest BCUT2D eigenvalue weighted by Gasteiger charge is -2.18. The average molecular weight is 427 g/mol. The second-order valence-electron chi connectivity index (χ2n) is 7.68. The van der Waals surface area contributed by atoms with Gasteiger partial charge in [-0.2, -0.15) is 0 Å². The van der Waals surface area contributed by atoms with Crippen molar-refractivity contribution in [2.24, 2.45) is 0 Å². The maximum absolute atomic E-state index is 13.8. The monoisotopic (exact) mass is 427 g/mol. The summed E-state index contributed by atoms with van der Waals surface area (Å²) in [5.41, 5.74) is 10.5. The van der Waals surface area contributed by atoms with Crippen LogP contribution in [-0.2, 0) is 13.2 Å². The molecule has 3 aromatic heterocycles. The maximum Gasteiger partial charge on any atom is 0.266 e. The number of imidazole rings is 1. The van der Waals surface area contributed by atoms with Crippen molar-refractivity contribution in [3.05, 3.63) is 81.9 Å². The molecule has 0 bridgehead atoms. The second-order valence-corrected chi connectivity index (χ2v) is 7.68. The van der Waals surface area contributed by atoms with Gasteiger partial charge in [-0.25, -0.2) is 19.9 Å². The van der Waals surface area contributed by atoms with E-state index in [1.165, 1.54) is 6.33 Å². The Hall–Kier alpha value is -4.11. The average Bonchev–Trinajstić information content (AvgIpc) is 3.19. The smallest absolute Gasteiger partial charge is 0.266 e. The zero-order valence-corrected chi connectivity index (χ0v) is 17.6. The Bertz CT molecular complexity index is 1530. The van der Waals surface area contributed by atoms with Gasteiger partial charge < -0.3 is 15.4 Å². The lowest BCUT2D eigenvalue weighted by molar-refractivity contribution is 0.283. The Morgan fingerprint density at radius 2 is 1.78 bits per heavy atom. The minimum absolute atomic E-state index is 0.231. The fourth-order valence-electron chi connectivity index (χ4n) is 4.14. The van der Waals surface area contributed by atoms with Gasteiger partial charge in [0.15, 0.2) is 11.5 Å². The summed E-state index contributed by atoms with van der Waals surface area (Å²) in [6, 6.07) is 11.2. The fourth-order valence-corrected chi connectivity index (χ4v) is 4.14. The standard InChI is InChI=1S/C23H21N7O2/c1-13-5-3-6-14(2)20(13)30-17(9-29-12-27-19-21(24)25-11-26-22(19)29)28-16-8-4-7-15(10-31)18(16)23(30)32/h3-8,11-12,31H,9-10H2,1-2H3,(H2,24,25,26). The summed E-state index contributed by atoms with van der Waals surface area (Å²) in [4.78, 5) is 31.3. The van der Waals surface area contributed by atoms with Gasteiger partial charge in [-0.1, -0.05) is 30.3 Å². The van der Waals surface area contributed by atoms with E-state index in [9.17, 15) is 9.90 Å². The number of fused-ring (bicyclic) bond motifs is 2. The van der Waals surface area contributed by atoms with Gasteiger partial charge in [-0.05, 0) is 36.6 Å². The summed E-state index contributed by atoms with van der Waals surface area (Å²) in [6.45, 7) is 3.92. The molecule has 3 N–H and O–H groups in total. The number of nitrogen functional groups attached to an aromatic ring is 1. The lowest BCUT2D eigenvalue weighted by atomic mass is 10.1. The van der Waals surface area contributed by atoms with Crippen molar-refractivity contribution in [2.45, 2.75) is 27.0 Å². The van der Waals surface area contributed by atoms with Crippen LogP contribution < -0.4 is 11.3 Å². The van der Waals surface area contributed by atoms with E-state index in [0.29, 0.717) is 39.3 Å². The first kappa shape index (κ1) is 19.8. The Morgan fingerprint density at radius 3 is 2.53 bits per heavy atom. The highest BCUT2D eigenvalue weighted by Gasteiger charge is 2.19. The van der Waals surface area contributed by atoms with E-state index in [2.05, 4.69) is 15.0 Å². The van der Waals surface area contributed by atoms with Gasteiger partial charge in [0.1, 0.15) is 17.7 Å². The van der Waals surface area contributed by atoms with Crippen molar-refractivity contribution in [3.63, 3.8) is 0 Å². The predicted octanol–water partition coefficient (Wildman–Crippen LogP) is 2.27. The van der Waals surface area contributed by atoms with Gasteiger partial charge in [0, 0.05) is 0 Å². The molecule has 0 aliphatic heterocycles. The summed E-state index contributed by atoms with van der Waals surface area (Å²) >= 11 is 0. The fraction of sp³-hybridized carbons (Fsp3) is 0.174. The van der Waals surface area contributed by atoms with Crippen LogP contribution in [0.4, 0.5) is 5.82 Å². The highest BCUT2D eigenvalue weighted by Crippen LogP contribution is 2.23. The van der Waals surface area contributed by atoms with E-state index in [-0.39, 0.29) is 18.7 Å². The van der Waals surface area contributed by atoms with E-state index < -0.39 is 0 Å². The molecule has 9 heteroatoms. The van der Waals surface area contributed by atoms with Crippen LogP contribution in [0.1, 0.15) is 22.5 Å². The molecular formula is C23H21N7O2. The molecule has 0 amide bonds. The molecule has 0 aliphatic carbocycles.